The number of anilines is 1. The highest BCUT2D eigenvalue weighted by atomic mass is 16.4. The molecule has 158 valence electrons. The molecule has 0 fully saturated rings. The number of carbonyl (C=O) groups is 2. The number of H-pyrrole nitrogens is 1. The van der Waals surface area contributed by atoms with Crippen molar-refractivity contribution in [1.82, 2.24) is 24.8 Å². The van der Waals surface area contributed by atoms with E-state index in [0.717, 1.165) is 11.4 Å². The fourth-order valence-electron chi connectivity index (χ4n) is 3.30. The fraction of sp³-hybridized carbons (Fsp3) is 0.182. The standard InChI is InChI=1S/C22H22N6O3/c1-23-19-13-14(6-8-24-19)20-25-16-5-4-15(12-18(16)26-20)21(29)27-17(22(30)31)7-11-28-9-2-3-10-28/h2-6,8-10,12-13,17H,7,11H2,1H3,(H,23,24)(H,25,26)(H,27,29)(H,30,31)/t17-/m0/s1. The van der Waals surface area contributed by atoms with Crippen molar-refractivity contribution < 1.29 is 14.7 Å². The van der Waals surface area contributed by atoms with Gasteiger partial charge in [-0.25, -0.2) is 14.8 Å². The van der Waals surface area contributed by atoms with E-state index in [4.69, 9.17) is 0 Å². The second-order valence-corrected chi connectivity index (χ2v) is 7.07. The van der Waals surface area contributed by atoms with Crippen molar-refractivity contribution >= 4 is 28.7 Å². The van der Waals surface area contributed by atoms with Crippen LogP contribution < -0.4 is 10.6 Å². The van der Waals surface area contributed by atoms with Crippen molar-refractivity contribution in [2.45, 2.75) is 19.0 Å². The van der Waals surface area contributed by atoms with Crippen LogP contribution in [0.3, 0.4) is 0 Å². The molecule has 0 spiro atoms. The van der Waals surface area contributed by atoms with E-state index in [-0.39, 0.29) is 6.42 Å². The number of carboxylic acid groups (broad SMARTS) is 1. The van der Waals surface area contributed by atoms with Gasteiger partial charge in [-0.3, -0.25) is 4.79 Å². The number of nitrogens with zero attached hydrogens (tertiary/aromatic N) is 3. The third-order valence-corrected chi connectivity index (χ3v) is 4.98. The van der Waals surface area contributed by atoms with Gasteiger partial charge in [-0.1, -0.05) is 0 Å². The Kier molecular flexibility index (Phi) is 5.65. The summed E-state index contributed by atoms with van der Waals surface area (Å²) in [5, 5.41) is 15.1. The number of rotatable bonds is 8. The van der Waals surface area contributed by atoms with Crippen molar-refractivity contribution in [2.24, 2.45) is 0 Å². The first kappa shape index (κ1) is 20.1. The number of nitrogens with one attached hydrogen (secondary N) is 3. The van der Waals surface area contributed by atoms with Crippen molar-refractivity contribution in [3.63, 3.8) is 0 Å². The van der Waals surface area contributed by atoms with Crippen LogP contribution in [-0.4, -0.2) is 49.6 Å². The van der Waals surface area contributed by atoms with Crippen LogP contribution in [-0.2, 0) is 11.3 Å². The van der Waals surface area contributed by atoms with Crippen molar-refractivity contribution in [3.8, 4) is 11.4 Å². The number of carbonyl (C=O) groups excluding carboxylic acids is 1. The van der Waals surface area contributed by atoms with E-state index in [9.17, 15) is 14.7 Å². The number of pyridine rings is 1. The molecule has 31 heavy (non-hydrogen) atoms. The van der Waals surface area contributed by atoms with E-state index in [2.05, 4.69) is 25.6 Å². The summed E-state index contributed by atoms with van der Waals surface area (Å²) in [6.45, 7) is 0.494. The number of aromatic nitrogens is 4. The number of amides is 1. The highest BCUT2D eigenvalue weighted by molar-refractivity contribution is 5.99. The Bertz CT molecular complexity index is 1220. The van der Waals surface area contributed by atoms with Gasteiger partial charge in [0.25, 0.3) is 5.91 Å². The molecule has 3 heterocycles. The summed E-state index contributed by atoms with van der Waals surface area (Å²) in [6, 6.07) is 11.5. The fourth-order valence-corrected chi connectivity index (χ4v) is 3.30. The minimum atomic E-state index is -1.07. The molecular formula is C22H22N6O3. The molecule has 1 amide bonds. The van der Waals surface area contributed by atoms with E-state index < -0.39 is 17.9 Å². The maximum absolute atomic E-state index is 12.7. The van der Waals surface area contributed by atoms with E-state index in [1.54, 1.807) is 31.4 Å². The highest BCUT2D eigenvalue weighted by Gasteiger charge is 2.21. The molecule has 4 aromatic rings. The number of aliphatic carboxylic acids is 1. The number of aromatic amines is 1. The highest BCUT2D eigenvalue weighted by Crippen LogP contribution is 2.22. The Balaban J connectivity index is 1.51. The van der Waals surface area contributed by atoms with Crippen LogP contribution in [0.1, 0.15) is 16.8 Å². The summed E-state index contributed by atoms with van der Waals surface area (Å²) in [5.41, 5.74) is 2.61. The second kappa shape index (κ2) is 8.70. The lowest BCUT2D eigenvalue weighted by molar-refractivity contribution is -0.139. The Morgan fingerprint density at radius 1 is 1.19 bits per heavy atom. The molecule has 0 aliphatic rings. The predicted octanol–water partition coefficient (Wildman–Crippen LogP) is 2.74. The number of hydrogen-bond donors (Lipinski definition) is 4. The summed E-state index contributed by atoms with van der Waals surface area (Å²) in [5.74, 6) is -0.137. The quantitative estimate of drug-likeness (QED) is 0.349. The number of fused-ring (bicyclic) bond motifs is 1. The Hall–Kier alpha value is -4.14. The zero-order valence-electron chi connectivity index (χ0n) is 16.9. The Morgan fingerprint density at radius 3 is 2.74 bits per heavy atom. The Morgan fingerprint density at radius 2 is 2.00 bits per heavy atom. The first-order chi connectivity index (χ1) is 15.0. The average Bonchev–Trinajstić information content (AvgIpc) is 3.45. The number of benzene rings is 1. The number of aryl methyl sites for hydroxylation is 1. The van der Waals surface area contributed by atoms with Crippen molar-refractivity contribution in [2.75, 3.05) is 12.4 Å². The molecule has 9 heteroatoms. The molecule has 0 aliphatic carbocycles. The van der Waals surface area contributed by atoms with Gasteiger partial charge in [0.15, 0.2) is 0 Å². The maximum Gasteiger partial charge on any atom is 0.326 e. The van der Waals surface area contributed by atoms with Crippen LogP contribution in [0.4, 0.5) is 5.82 Å². The van der Waals surface area contributed by atoms with Crippen LogP contribution >= 0.6 is 0 Å². The van der Waals surface area contributed by atoms with Crippen LogP contribution in [0.5, 0.6) is 0 Å². The summed E-state index contributed by atoms with van der Waals surface area (Å²) in [7, 11) is 1.79. The van der Waals surface area contributed by atoms with E-state index in [0.29, 0.717) is 29.0 Å². The Labute approximate surface area is 178 Å². The van der Waals surface area contributed by atoms with Gasteiger partial charge in [0.1, 0.15) is 17.7 Å². The van der Waals surface area contributed by atoms with Gasteiger partial charge >= 0.3 is 5.97 Å². The molecule has 9 nitrogen and oxygen atoms in total. The monoisotopic (exact) mass is 418 g/mol. The van der Waals surface area contributed by atoms with E-state index in [1.807, 2.05) is 41.2 Å². The molecule has 1 atom stereocenters. The van der Waals surface area contributed by atoms with Gasteiger partial charge in [0, 0.05) is 43.3 Å². The van der Waals surface area contributed by atoms with Gasteiger partial charge in [-0.05, 0) is 48.9 Å². The predicted molar refractivity (Wildman–Crippen MR) is 117 cm³/mol. The molecule has 0 saturated heterocycles. The molecular weight excluding hydrogens is 396 g/mol. The third-order valence-electron chi connectivity index (χ3n) is 4.98. The van der Waals surface area contributed by atoms with Crippen LogP contribution in [0.15, 0.2) is 61.1 Å². The molecule has 0 unspecified atom stereocenters. The van der Waals surface area contributed by atoms with Crippen molar-refractivity contribution in [3.05, 3.63) is 66.6 Å². The van der Waals surface area contributed by atoms with Gasteiger partial charge in [-0.2, -0.15) is 0 Å². The smallest absolute Gasteiger partial charge is 0.326 e. The van der Waals surface area contributed by atoms with E-state index in [1.165, 1.54) is 0 Å². The molecule has 0 radical (unpaired) electrons. The van der Waals surface area contributed by atoms with Gasteiger partial charge in [0.05, 0.1) is 11.0 Å². The molecule has 1 aromatic carbocycles. The average molecular weight is 418 g/mol. The SMILES string of the molecule is CNc1cc(-c2nc3ccc(C(=O)N[C@@H](CCn4cccc4)C(=O)O)cc3[nH]2)ccn1. The molecule has 4 rings (SSSR count). The van der Waals surface area contributed by atoms with Crippen LogP contribution in [0.25, 0.3) is 22.4 Å². The van der Waals surface area contributed by atoms with Gasteiger partial charge in [-0.15, -0.1) is 0 Å². The lowest BCUT2D eigenvalue weighted by Gasteiger charge is -2.15. The lowest BCUT2D eigenvalue weighted by Crippen LogP contribution is -2.41. The van der Waals surface area contributed by atoms with E-state index >= 15 is 0 Å². The number of hydrogen-bond acceptors (Lipinski definition) is 5. The third kappa shape index (κ3) is 4.55. The summed E-state index contributed by atoms with van der Waals surface area (Å²) in [6.07, 6.45) is 5.68. The van der Waals surface area contributed by atoms with Crippen LogP contribution in [0.2, 0.25) is 0 Å². The summed E-state index contributed by atoms with van der Waals surface area (Å²) >= 11 is 0. The number of carboxylic acids is 1. The molecule has 0 bridgehead atoms. The lowest BCUT2D eigenvalue weighted by atomic mass is 10.1. The summed E-state index contributed by atoms with van der Waals surface area (Å²) in [4.78, 5) is 36.3. The zero-order valence-corrected chi connectivity index (χ0v) is 16.9. The maximum atomic E-state index is 12.7. The molecule has 0 saturated carbocycles. The van der Waals surface area contributed by atoms with Gasteiger partial charge in [0.2, 0.25) is 0 Å². The molecule has 3 aromatic heterocycles. The molecule has 0 aliphatic heterocycles. The second-order valence-electron chi connectivity index (χ2n) is 7.07. The minimum absolute atomic E-state index is 0.280. The first-order valence-corrected chi connectivity index (χ1v) is 9.82. The summed E-state index contributed by atoms with van der Waals surface area (Å²) < 4.78 is 1.87. The van der Waals surface area contributed by atoms with Crippen LogP contribution in [0, 0.1) is 0 Å². The largest absolute Gasteiger partial charge is 0.480 e. The minimum Gasteiger partial charge on any atom is -0.480 e. The normalized spacial score (nSPS) is 11.9. The number of imidazole rings is 1. The first-order valence-electron chi connectivity index (χ1n) is 9.82. The topological polar surface area (TPSA) is 125 Å². The molecule has 4 N–H and O–H groups in total. The van der Waals surface area contributed by atoms with Crippen molar-refractivity contribution in [1.29, 1.82) is 0 Å². The zero-order chi connectivity index (χ0) is 21.8. The van der Waals surface area contributed by atoms with Gasteiger partial charge < -0.3 is 25.3 Å².